The Labute approximate surface area is 99.6 Å². The van der Waals surface area contributed by atoms with Gasteiger partial charge in [-0.3, -0.25) is 5.10 Å². The maximum atomic E-state index is 5.69. The Balaban J connectivity index is 1.89. The number of piperidine rings is 1. The van der Waals surface area contributed by atoms with Gasteiger partial charge >= 0.3 is 0 Å². The first-order valence-electron chi connectivity index (χ1n) is 6.23. The monoisotopic (exact) mass is 229 g/mol. The second-order valence-electron chi connectivity index (χ2n) is 5.01. The van der Waals surface area contributed by atoms with E-state index in [4.69, 9.17) is 4.42 Å². The van der Waals surface area contributed by atoms with Gasteiger partial charge in [0.25, 0.3) is 0 Å². The van der Waals surface area contributed by atoms with Crippen LogP contribution in [0.2, 0.25) is 0 Å². The molecule has 1 saturated heterocycles. The summed E-state index contributed by atoms with van der Waals surface area (Å²) in [6.45, 7) is 4.28. The van der Waals surface area contributed by atoms with Crippen molar-refractivity contribution in [3.05, 3.63) is 23.6 Å². The van der Waals surface area contributed by atoms with Crippen molar-refractivity contribution in [1.82, 2.24) is 10.2 Å². The number of aryl methyl sites for hydroxylation is 1. The van der Waals surface area contributed by atoms with Crippen LogP contribution in [0.15, 0.2) is 16.5 Å². The highest BCUT2D eigenvalue weighted by Crippen LogP contribution is 2.45. The average Bonchev–Trinajstić information content (AvgIpc) is 2.97. The molecule has 88 valence electrons. The summed E-state index contributed by atoms with van der Waals surface area (Å²) in [5, 5.41) is 7.68. The normalized spacial score (nSPS) is 18.8. The summed E-state index contributed by atoms with van der Waals surface area (Å²) in [5.41, 5.74) is 3.57. The first kappa shape index (κ1) is 9.33. The second-order valence-corrected chi connectivity index (χ2v) is 5.01. The molecule has 3 aliphatic rings. The summed E-state index contributed by atoms with van der Waals surface area (Å²) >= 11 is 0. The number of hydrogen-bond acceptors (Lipinski definition) is 3. The second kappa shape index (κ2) is 3.15. The van der Waals surface area contributed by atoms with E-state index in [-0.39, 0.29) is 0 Å². The molecule has 3 aliphatic heterocycles. The summed E-state index contributed by atoms with van der Waals surface area (Å²) in [5.74, 6) is 2.49. The minimum Gasteiger partial charge on any atom is -0.460 e. The molecule has 2 aromatic heterocycles. The van der Waals surface area contributed by atoms with Crippen molar-refractivity contribution >= 4 is 5.69 Å². The van der Waals surface area contributed by atoms with Gasteiger partial charge in [-0.2, -0.15) is 5.10 Å². The summed E-state index contributed by atoms with van der Waals surface area (Å²) in [7, 11) is 0. The van der Waals surface area contributed by atoms with Gasteiger partial charge in [-0.05, 0) is 31.9 Å². The molecule has 2 aromatic rings. The van der Waals surface area contributed by atoms with Crippen molar-refractivity contribution < 1.29 is 4.42 Å². The van der Waals surface area contributed by atoms with Crippen molar-refractivity contribution in [2.75, 3.05) is 18.0 Å². The van der Waals surface area contributed by atoms with Crippen LogP contribution < -0.4 is 4.90 Å². The number of nitrogens with zero attached hydrogens (tertiary/aromatic N) is 2. The van der Waals surface area contributed by atoms with Crippen LogP contribution in [0.5, 0.6) is 0 Å². The molecule has 4 heteroatoms. The van der Waals surface area contributed by atoms with Crippen molar-refractivity contribution in [1.29, 1.82) is 0 Å². The predicted octanol–water partition coefficient (Wildman–Crippen LogP) is 2.68. The standard InChI is InChI=1S/C13H15N3O/c1-8-2-3-10(17-8)12-13-11(14-15-12)9-4-6-16(13)7-5-9/h2-3,9H,4-7H2,1H3,(H,14,15). The van der Waals surface area contributed by atoms with Crippen LogP contribution in [0.3, 0.4) is 0 Å². The zero-order valence-corrected chi connectivity index (χ0v) is 9.86. The van der Waals surface area contributed by atoms with Gasteiger partial charge in [0, 0.05) is 19.0 Å². The van der Waals surface area contributed by atoms with Crippen LogP contribution in [0, 0.1) is 6.92 Å². The van der Waals surface area contributed by atoms with Crippen LogP contribution in [0.4, 0.5) is 5.69 Å². The Morgan fingerprint density at radius 1 is 1.35 bits per heavy atom. The molecule has 5 rings (SSSR count). The van der Waals surface area contributed by atoms with Gasteiger partial charge in [0.15, 0.2) is 11.5 Å². The molecule has 0 amide bonds. The fourth-order valence-electron chi connectivity index (χ4n) is 3.08. The Kier molecular flexibility index (Phi) is 1.73. The molecule has 0 atom stereocenters. The summed E-state index contributed by atoms with van der Waals surface area (Å²) in [6.07, 6.45) is 2.51. The van der Waals surface area contributed by atoms with E-state index in [1.165, 1.54) is 24.2 Å². The number of H-pyrrole nitrogens is 1. The van der Waals surface area contributed by atoms with Crippen LogP contribution >= 0.6 is 0 Å². The number of aromatic nitrogens is 2. The minimum absolute atomic E-state index is 0.673. The molecule has 0 radical (unpaired) electrons. The molecule has 0 aliphatic carbocycles. The average molecular weight is 229 g/mol. The maximum absolute atomic E-state index is 5.69. The van der Waals surface area contributed by atoms with Crippen LogP contribution in [0.1, 0.15) is 30.2 Å². The van der Waals surface area contributed by atoms with Crippen LogP contribution in [-0.2, 0) is 0 Å². The third-order valence-corrected chi connectivity index (χ3v) is 3.96. The molecular weight excluding hydrogens is 214 g/mol. The van der Waals surface area contributed by atoms with E-state index in [9.17, 15) is 0 Å². The molecule has 1 fully saturated rings. The lowest BCUT2D eigenvalue weighted by molar-refractivity contribution is 0.466. The van der Waals surface area contributed by atoms with Gasteiger partial charge in [0.05, 0.1) is 11.4 Å². The van der Waals surface area contributed by atoms with E-state index in [1.807, 2.05) is 19.1 Å². The molecular formula is C13H15N3O. The van der Waals surface area contributed by atoms with Gasteiger partial charge < -0.3 is 9.32 Å². The Bertz CT molecular complexity index is 561. The highest BCUT2D eigenvalue weighted by molar-refractivity contribution is 5.76. The molecule has 1 N–H and O–H groups in total. The van der Waals surface area contributed by atoms with Crippen molar-refractivity contribution in [3.63, 3.8) is 0 Å². The van der Waals surface area contributed by atoms with E-state index < -0.39 is 0 Å². The number of rotatable bonds is 1. The lowest BCUT2D eigenvalue weighted by atomic mass is 9.87. The third kappa shape index (κ3) is 1.21. The van der Waals surface area contributed by atoms with Crippen LogP contribution in [-0.4, -0.2) is 23.3 Å². The number of hydrogen-bond donors (Lipinski definition) is 1. The SMILES string of the molecule is Cc1ccc(-c2n[nH]c3c2N2CCC3CC2)o1. The Morgan fingerprint density at radius 3 is 2.88 bits per heavy atom. The number of aromatic amines is 1. The largest absolute Gasteiger partial charge is 0.460 e. The predicted molar refractivity (Wildman–Crippen MR) is 65.2 cm³/mol. The molecule has 5 heterocycles. The van der Waals surface area contributed by atoms with E-state index in [0.29, 0.717) is 5.92 Å². The highest BCUT2D eigenvalue weighted by Gasteiger charge is 2.35. The van der Waals surface area contributed by atoms with Gasteiger partial charge in [0.1, 0.15) is 5.76 Å². The molecule has 0 spiro atoms. The number of anilines is 1. The first-order valence-corrected chi connectivity index (χ1v) is 6.23. The Hall–Kier alpha value is -1.71. The summed E-state index contributed by atoms with van der Waals surface area (Å²) in [6, 6.07) is 4.00. The van der Waals surface area contributed by atoms with Gasteiger partial charge in [0.2, 0.25) is 0 Å². The topological polar surface area (TPSA) is 45.1 Å². The molecule has 0 saturated carbocycles. The van der Waals surface area contributed by atoms with E-state index in [2.05, 4.69) is 15.1 Å². The fourth-order valence-corrected chi connectivity index (χ4v) is 3.08. The molecule has 4 nitrogen and oxygen atoms in total. The first-order chi connectivity index (χ1) is 8.33. The van der Waals surface area contributed by atoms with Crippen LogP contribution in [0.25, 0.3) is 11.5 Å². The maximum Gasteiger partial charge on any atom is 0.156 e. The quantitative estimate of drug-likeness (QED) is 0.817. The Morgan fingerprint density at radius 2 is 2.18 bits per heavy atom. The smallest absolute Gasteiger partial charge is 0.156 e. The minimum atomic E-state index is 0.673. The lowest BCUT2D eigenvalue weighted by Gasteiger charge is -2.39. The van der Waals surface area contributed by atoms with Gasteiger partial charge in [-0.1, -0.05) is 0 Å². The number of nitrogens with one attached hydrogen (secondary N) is 1. The van der Waals surface area contributed by atoms with Gasteiger partial charge in [-0.25, -0.2) is 0 Å². The summed E-state index contributed by atoms with van der Waals surface area (Å²) in [4.78, 5) is 2.44. The fraction of sp³-hybridized carbons (Fsp3) is 0.462. The van der Waals surface area contributed by atoms with Crippen molar-refractivity contribution in [2.45, 2.75) is 25.7 Å². The molecule has 0 aromatic carbocycles. The van der Waals surface area contributed by atoms with Crippen molar-refractivity contribution in [3.8, 4) is 11.5 Å². The zero-order valence-electron chi connectivity index (χ0n) is 9.86. The van der Waals surface area contributed by atoms with E-state index >= 15 is 0 Å². The highest BCUT2D eigenvalue weighted by atomic mass is 16.3. The zero-order chi connectivity index (χ0) is 11.4. The molecule has 17 heavy (non-hydrogen) atoms. The van der Waals surface area contributed by atoms with E-state index in [0.717, 1.165) is 30.3 Å². The van der Waals surface area contributed by atoms with Gasteiger partial charge in [-0.15, -0.1) is 0 Å². The summed E-state index contributed by atoms with van der Waals surface area (Å²) < 4.78 is 5.69. The number of fused-ring (bicyclic) bond motifs is 2. The third-order valence-electron chi connectivity index (χ3n) is 3.96. The van der Waals surface area contributed by atoms with Crippen molar-refractivity contribution in [2.24, 2.45) is 0 Å². The lowest BCUT2D eigenvalue weighted by Crippen LogP contribution is -2.38. The molecule has 2 bridgehead atoms. The number of furan rings is 1. The van der Waals surface area contributed by atoms with E-state index in [1.54, 1.807) is 0 Å². The molecule has 0 unspecified atom stereocenters.